The first-order valence-electron chi connectivity index (χ1n) is 7.12. The second-order valence-corrected chi connectivity index (χ2v) is 6.14. The highest BCUT2D eigenvalue weighted by molar-refractivity contribution is 5.93. The predicted molar refractivity (Wildman–Crippen MR) is 82.0 cm³/mol. The van der Waals surface area contributed by atoms with Crippen molar-refractivity contribution in [3.63, 3.8) is 0 Å². The predicted octanol–water partition coefficient (Wildman–Crippen LogP) is 3.07. The minimum absolute atomic E-state index is 0.0850. The minimum atomic E-state index is -0.555. The lowest BCUT2D eigenvalue weighted by atomic mass is 10.1. The maximum Gasteiger partial charge on any atom is 0.327 e. The van der Waals surface area contributed by atoms with Gasteiger partial charge in [0.2, 0.25) is 5.95 Å². The number of anilines is 1. The molecule has 2 heterocycles. The Bertz CT molecular complexity index is 761. The number of rotatable bonds is 2. The number of urea groups is 1. The molecule has 2 aromatic rings. The molecule has 1 fully saturated rings. The topological polar surface area (TPSA) is 49.3 Å². The number of amides is 2. The van der Waals surface area contributed by atoms with Crippen molar-refractivity contribution >= 4 is 12.0 Å². The third kappa shape index (κ3) is 2.62. The van der Waals surface area contributed by atoms with Gasteiger partial charge in [0.25, 0.3) is 0 Å². The number of carbonyl (C=O) groups excluding carboxylic acids is 1. The Kier molecular flexibility index (Phi) is 3.50. The Hall–Kier alpha value is -2.57. The molecule has 0 N–H and O–H groups in total. The van der Waals surface area contributed by atoms with Gasteiger partial charge in [0, 0.05) is 30.6 Å². The normalized spacial score (nSPS) is 17.0. The monoisotopic (exact) mass is 318 g/mol. The molecule has 23 heavy (non-hydrogen) atoms. The SMILES string of the molecule is CN1C(=O)N(c2ncc(-c3cc(F)ccc3F)cn2)CC1(C)C. The van der Waals surface area contributed by atoms with Crippen molar-refractivity contribution in [2.45, 2.75) is 19.4 Å². The number of likely N-dealkylation sites (N-methyl/N-ethyl adjacent to an activating group) is 1. The highest BCUT2D eigenvalue weighted by Gasteiger charge is 2.42. The summed E-state index contributed by atoms with van der Waals surface area (Å²) in [7, 11) is 1.72. The second kappa shape index (κ2) is 5.26. The maximum absolute atomic E-state index is 13.8. The molecular weight excluding hydrogens is 302 g/mol. The van der Waals surface area contributed by atoms with Crippen LogP contribution < -0.4 is 4.90 Å². The first-order chi connectivity index (χ1) is 10.8. The van der Waals surface area contributed by atoms with Gasteiger partial charge < -0.3 is 4.90 Å². The van der Waals surface area contributed by atoms with E-state index >= 15 is 0 Å². The first-order valence-corrected chi connectivity index (χ1v) is 7.12. The molecule has 0 atom stereocenters. The summed E-state index contributed by atoms with van der Waals surface area (Å²) in [6.07, 6.45) is 2.78. The van der Waals surface area contributed by atoms with Crippen molar-refractivity contribution in [2.75, 3.05) is 18.5 Å². The van der Waals surface area contributed by atoms with E-state index in [2.05, 4.69) is 9.97 Å². The van der Waals surface area contributed by atoms with Gasteiger partial charge in [-0.25, -0.2) is 23.5 Å². The third-order valence-electron chi connectivity index (χ3n) is 4.09. The van der Waals surface area contributed by atoms with Gasteiger partial charge >= 0.3 is 6.03 Å². The molecule has 0 unspecified atom stereocenters. The standard InChI is InChI=1S/C16H16F2N4O/c1-16(2)9-22(15(23)21(16)3)14-19-7-10(8-20-14)12-6-11(17)4-5-13(12)18/h4-8H,9H2,1-3H3. The van der Waals surface area contributed by atoms with Gasteiger partial charge in [-0.15, -0.1) is 0 Å². The van der Waals surface area contributed by atoms with E-state index in [9.17, 15) is 13.6 Å². The molecule has 0 bridgehead atoms. The molecule has 1 saturated heterocycles. The summed E-state index contributed by atoms with van der Waals surface area (Å²) >= 11 is 0. The van der Waals surface area contributed by atoms with Gasteiger partial charge in [-0.3, -0.25) is 4.90 Å². The van der Waals surface area contributed by atoms with Gasteiger partial charge in [-0.05, 0) is 32.0 Å². The van der Waals surface area contributed by atoms with Crippen LogP contribution in [0.25, 0.3) is 11.1 Å². The number of benzene rings is 1. The van der Waals surface area contributed by atoms with Gasteiger partial charge in [-0.1, -0.05) is 0 Å². The lowest BCUT2D eigenvalue weighted by Gasteiger charge is -2.24. The Morgan fingerprint density at radius 2 is 1.83 bits per heavy atom. The molecule has 0 aliphatic carbocycles. The van der Waals surface area contributed by atoms with E-state index in [0.717, 1.165) is 18.2 Å². The molecule has 3 rings (SSSR count). The van der Waals surface area contributed by atoms with Crippen molar-refractivity contribution in [3.8, 4) is 11.1 Å². The quantitative estimate of drug-likeness (QED) is 0.855. The van der Waals surface area contributed by atoms with E-state index in [-0.39, 0.29) is 23.1 Å². The molecule has 1 aliphatic heterocycles. The van der Waals surface area contributed by atoms with Crippen LogP contribution >= 0.6 is 0 Å². The van der Waals surface area contributed by atoms with Crippen molar-refractivity contribution < 1.29 is 13.6 Å². The highest BCUT2D eigenvalue weighted by Crippen LogP contribution is 2.28. The fourth-order valence-electron chi connectivity index (χ4n) is 2.48. The zero-order chi connectivity index (χ0) is 16.8. The number of nitrogens with zero attached hydrogens (tertiary/aromatic N) is 4. The van der Waals surface area contributed by atoms with Crippen LogP contribution in [0.1, 0.15) is 13.8 Å². The second-order valence-electron chi connectivity index (χ2n) is 6.14. The lowest BCUT2D eigenvalue weighted by Crippen LogP contribution is -2.38. The molecule has 0 spiro atoms. The van der Waals surface area contributed by atoms with Crippen LogP contribution in [0.4, 0.5) is 19.5 Å². The van der Waals surface area contributed by atoms with E-state index in [0.29, 0.717) is 12.1 Å². The van der Waals surface area contributed by atoms with E-state index < -0.39 is 11.6 Å². The number of carbonyl (C=O) groups is 1. The summed E-state index contributed by atoms with van der Waals surface area (Å²) in [5.41, 5.74) is 0.111. The fraction of sp³-hybridized carbons (Fsp3) is 0.312. The van der Waals surface area contributed by atoms with Crippen molar-refractivity contribution in [3.05, 3.63) is 42.2 Å². The Labute approximate surface area is 132 Å². The van der Waals surface area contributed by atoms with Crippen LogP contribution in [-0.4, -0.2) is 40.0 Å². The van der Waals surface area contributed by atoms with Crippen LogP contribution in [0.15, 0.2) is 30.6 Å². The smallest absolute Gasteiger partial charge is 0.320 e. The number of aromatic nitrogens is 2. The number of hydrogen-bond acceptors (Lipinski definition) is 3. The van der Waals surface area contributed by atoms with Crippen LogP contribution in [0, 0.1) is 11.6 Å². The molecule has 0 radical (unpaired) electrons. The van der Waals surface area contributed by atoms with Gasteiger partial charge in [0.1, 0.15) is 11.6 Å². The molecule has 7 heteroatoms. The Morgan fingerprint density at radius 1 is 1.17 bits per heavy atom. The Morgan fingerprint density at radius 3 is 2.39 bits per heavy atom. The average Bonchev–Trinajstić information content (AvgIpc) is 2.73. The van der Waals surface area contributed by atoms with Gasteiger partial charge in [0.15, 0.2) is 0 Å². The summed E-state index contributed by atoms with van der Waals surface area (Å²) in [6, 6.07) is 3.00. The van der Waals surface area contributed by atoms with Crippen molar-refractivity contribution in [1.82, 2.24) is 14.9 Å². The third-order valence-corrected chi connectivity index (χ3v) is 4.09. The lowest BCUT2D eigenvalue weighted by molar-refractivity contribution is 0.198. The average molecular weight is 318 g/mol. The van der Waals surface area contributed by atoms with Gasteiger partial charge in [-0.2, -0.15) is 0 Å². The van der Waals surface area contributed by atoms with Crippen molar-refractivity contribution in [2.24, 2.45) is 0 Å². The van der Waals surface area contributed by atoms with Crippen molar-refractivity contribution in [1.29, 1.82) is 0 Å². The number of hydrogen-bond donors (Lipinski definition) is 0. The highest BCUT2D eigenvalue weighted by atomic mass is 19.1. The fourth-order valence-corrected chi connectivity index (χ4v) is 2.48. The minimum Gasteiger partial charge on any atom is -0.320 e. The van der Waals surface area contributed by atoms with Gasteiger partial charge in [0.05, 0.1) is 12.1 Å². The van der Waals surface area contributed by atoms with E-state index in [4.69, 9.17) is 0 Å². The summed E-state index contributed by atoms with van der Waals surface area (Å²) in [6.45, 7) is 4.35. The van der Waals surface area contributed by atoms with E-state index in [1.54, 1.807) is 11.9 Å². The number of halogens is 2. The summed E-state index contributed by atoms with van der Waals surface area (Å²) in [5.74, 6) is -0.850. The molecule has 2 amide bonds. The largest absolute Gasteiger partial charge is 0.327 e. The summed E-state index contributed by atoms with van der Waals surface area (Å²) in [4.78, 5) is 23.6. The Balaban J connectivity index is 1.91. The summed E-state index contributed by atoms with van der Waals surface area (Å²) in [5, 5.41) is 0. The molecule has 0 saturated carbocycles. The maximum atomic E-state index is 13.8. The molecule has 1 aliphatic rings. The van der Waals surface area contributed by atoms with Crippen LogP contribution in [0.3, 0.4) is 0 Å². The molecule has 1 aromatic carbocycles. The van der Waals surface area contributed by atoms with Crippen LogP contribution in [-0.2, 0) is 0 Å². The zero-order valence-corrected chi connectivity index (χ0v) is 13.0. The molecule has 1 aromatic heterocycles. The first kappa shape index (κ1) is 15.3. The summed E-state index contributed by atoms with van der Waals surface area (Å²) < 4.78 is 27.0. The molecule has 5 nitrogen and oxygen atoms in total. The molecule has 120 valence electrons. The van der Waals surface area contributed by atoms with E-state index in [1.807, 2.05) is 13.8 Å². The van der Waals surface area contributed by atoms with Crippen LogP contribution in [0.2, 0.25) is 0 Å². The zero-order valence-electron chi connectivity index (χ0n) is 13.0. The van der Waals surface area contributed by atoms with Crippen LogP contribution in [0.5, 0.6) is 0 Å². The molecular formula is C16H16F2N4O. The van der Waals surface area contributed by atoms with E-state index in [1.165, 1.54) is 17.3 Å².